The van der Waals surface area contributed by atoms with E-state index in [-0.39, 0.29) is 5.82 Å². The van der Waals surface area contributed by atoms with E-state index in [2.05, 4.69) is 0 Å². The molecule has 4 heteroatoms. The van der Waals surface area contributed by atoms with Crippen molar-refractivity contribution in [2.24, 2.45) is 0 Å². The van der Waals surface area contributed by atoms with Gasteiger partial charge in [-0.3, -0.25) is 4.79 Å². The molecule has 16 heavy (non-hydrogen) atoms. The van der Waals surface area contributed by atoms with Gasteiger partial charge in [0.25, 0.3) is 0 Å². The fraction of sp³-hybridized carbons (Fsp3) is 0.417. The normalized spacial score (nSPS) is 16.9. The zero-order chi connectivity index (χ0) is 11.4. The molecule has 2 rings (SSSR count). The first-order valence-electron chi connectivity index (χ1n) is 5.38. The Bertz CT molecular complexity index is 373. The lowest BCUT2D eigenvalue weighted by Crippen LogP contribution is -2.26. The van der Waals surface area contributed by atoms with Crippen molar-refractivity contribution in [2.75, 3.05) is 31.2 Å². The van der Waals surface area contributed by atoms with Crippen LogP contribution in [-0.2, 0) is 4.74 Å². The Morgan fingerprint density at radius 1 is 1.25 bits per heavy atom. The molecule has 1 aliphatic heterocycles. The van der Waals surface area contributed by atoms with Crippen LogP contribution in [0, 0.1) is 5.82 Å². The van der Waals surface area contributed by atoms with Crippen LogP contribution < -0.4 is 4.90 Å². The smallest absolute Gasteiger partial charge is 0.150 e. The van der Waals surface area contributed by atoms with Crippen LogP contribution in [0.1, 0.15) is 16.8 Å². The van der Waals surface area contributed by atoms with Gasteiger partial charge in [0.2, 0.25) is 0 Å². The molecule has 1 aromatic rings. The van der Waals surface area contributed by atoms with Crippen LogP contribution in [0.15, 0.2) is 18.2 Å². The van der Waals surface area contributed by atoms with Crippen LogP contribution in [-0.4, -0.2) is 32.6 Å². The predicted octanol–water partition coefficient (Wildman–Crippen LogP) is 1.86. The zero-order valence-corrected chi connectivity index (χ0v) is 8.99. The summed E-state index contributed by atoms with van der Waals surface area (Å²) in [6, 6.07) is 4.41. The van der Waals surface area contributed by atoms with Crippen LogP contribution in [0.2, 0.25) is 0 Å². The fourth-order valence-corrected chi connectivity index (χ4v) is 1.85. The van der Waals surface area contributed by atoms with E-state index < -0.39 is 0 Å². The summed E-state index contributed by atoms with van der Waals surface area (Å²) in [4.78, 5) is 12.7. The summed E-state index contributed by atoms with van der Waals surface area (Å²) in [5.41, 5.74) is 1.13. The highest BCUT2D eigenvalue weighted by atomic mass is 19.1. The molecule has 0 aliphatic carbocycles. The van der Waals surface area contributed by atoms with Crippen molar-refractivity contribution < 1.29 is 13.9 Å². The van der Waals surface area contributed by atoms with E-state index in [0.717, 1.165) is 31.8 Å². The molecular weight excluding hydrogens is 209 g/mol. The average Bonchev–Trinajstić information content (AvgIpc) is 2.56. The fourth-order valence-electron chi connectivity index (χ4n) is 1.85. The Hall–Kier alpha value is -1.42. The van der Waals surface area contributed by atoms with Gasteiger partial charge >= 0.3 is 0 Å². The van der Waals surface area contributed by atoms with E-state index in [1.54, 1.807) is 6.07 Å². The number of benzene rings is 1. The summed E-state index contributed by atoms with van der Waals surface area (Å²) >= 11 is 0. The summed E-state index contributed by atoms with van der Waals surface area (Å²) in [5, 5.41) is 0. The van der Waals surface area contributed by atoms with Crippen LogP contribution in [0.4, 0.5) is 10.1 Å². The van der Waals surface area contributed by atoms with E-state index in [0.29, 0.717) is 18.5 Å². The second-order valence-corrected chi connectivity index (χ2v) is 3.81. The molecule has 0 saturated carbocycles. The van der Waals surface area contributed by atoms with Crippen molar-refractivity contribution in [1.29, 1.82) is 0 Å². The summed E-state index contributed by atoms with van der Waals surface area (Å²) in [5.74, 6) is -0.371. The van der Waals surface area contributed by atoms with Gasteiger partial charge in [-0.2, -0.15) is 0 Å². The number of carbonyl (C=O) groups is 1. The predicted molar refractivity (Wildman–Crippen MR) is 59.4 cm³/mol. The second kappa shape index (κ2) is 5.07. The molecule has 3 nitrogen and oxygen atoms in total. The summed E-state index contributed by atoms with van der Waals surface area (Å²) in [6.45, 7) is 2.96. The van der Waals surface area contributed by atoms with Crippen molar-refractivity contribution in [3.8, 4) is 0 Å². The minimum absolute atomic E-state index is 0.371. The molecule has 0 atom stereocenters. The first-order valence-corrected chi connectivity index (χ1v) is 5.38. The van der Waals surface area contributed by atoms with Gasteiger partial charge in [0.05, 0.1) is 6.61 Å². The highest BCUT2D eigenvalue weighted by molar-refractivity contribution is 5.77. The lowest BCUT2D eigenvalue weighted by atomic mass is 10.2. The topological polar surface area (TPSA) is 29.5 Å². The number of nitrogens with zero attached hydrogens (tertiary/aromatic N) is 1. The molecule has 0 amide bonds. The summed E-state index contributed by atoms with van der Waals surface area (Å²) in [7, 11) is 0. The van der Waals surface area contributed by atoms with Gasteiger partial charge in [-0.1, -0.05) is 0 Å². The number of hydrogen-bond acceptors (Lipinski definition) is 3. The molecule has 0 unspecified atom stereocenters. The molecule has 0 N–H and O–H groups in total. The van der Waals surface area contributed by atoms with Gasteiger partial charge in [-0.25, -0.2) is 4.39 Å². The molecule has 1 aromatic carbocycles. The average molecular weight is 223 g/mol. The summed E-state index contributed by atoms with van der Waals surface area (Å²) in [6.07, 6.45) is 1.59. The van der Waals surface area contributed by atoms with Crippen molar-refractivity contribution in [2.45, 2.75) is 6.42 Å². The molecule has 1 saturated heterocycles. The van der Waals surface area contributed by atoms with Crippen LogP contribution in [0.25, 0.3) is 0 Å². The van der Waals surface area contributed by atoms with E-state index >= 15 is 0 Å². The Labute approximate surface area is 93.8 Å². The minimum atomic E-state index is -0.371. The third kappa shape index (κ3) is 2.58. The molecule has 0 radical (unpaired) electrons. The maximum atomic E-state index is 13.3. The quantitative estimate of drug-likeness (QED) is 0.717. The van der Waals surface area contributed by atoms with Crippen LogP contribution in [0.5, 0.6) is 0 Å². The van der Waals surface area contributed by atoms with E-state index in [9.17, 15) is 9.18 Å². The number of rotatable bonds is 2. The number of anilines is 1. The minimum Gasteiger partial charge on any atom is -0.380 e. The van der Waals surface area contributed by atoms with E-state index in [1.807, 2.05) is 4.90 Å². The Balaban J connectivity index is 2.23. The van der Waals surface area contributed by atoms with Gasteiger partial charge < -0.3 is 9.64 Å². The molecule has 0 bridgehead atoms. The number of ether oxygens (including phenoxy) is 1. The monoisotopic (exact) mass is 223 g/mol. The van der Waals surface area contributed by atoms with Gasteiger partial charge in [0, 0.05) is 30.9 Å². The van der Waals surface area contributed by atoms with Crippen molar-refractivity contribution in [3.63, 3.8) is 0 Å². The number of carbonyl (C=O) groups excluding carboxylic acids is 1. The Kier molecular flexibility index (Phi) is 3.51. The highest BCUT2D eigenvalue weighted by Gasteiger charge is 2.11. The third-order valence-electron chi connectivity index (χ3n) is 2.63. The standard InChI is InChI=1S/C12H14FNO2/c13-11-6-10(9-15)7-12(8-11)14-2-1-4-16-5-3-14/h6-9H,1-5H2. The zero-order valence-electron chi connectivity index (χ0n) is 8.99. The maximum Gasteiger partial charge on any atom is 0.150 e. The molecule has 1 aliphatic rings. The Morgan fingerprint density at radius 2 is 2.12 bits per heavy atom. The lowest BCUT2D eigenvalue weighted by Gasteiger charge is -2.22. The van der Waals surface area contributed by atoms with Crippen molar-refractivity contribution >= 4 is 12.0 Å². The largest absolute Gasteiger partial charge is 0.380 e. The third-order valence-corrected chi connectivity index (χ3v) is 2.63. The van der Waals surface area contributed by atoms with Crippen LogP contribution >= 0.6 is 0 Å². The first-order chi connectivity index (χ1) is 7.79. The van der Waals surface area contributed by atoms with Crippen molar-refractivity contribution in [3.05, 3.63) is 29.6 Å². The lowest BCUT2D eigenvalue weighted by molar-refractivity contribution is 0.112. The van der Waals surface area contributed by atoms with Gasteiger partial charge in [0.15, 0.2) is 0 Å². The van der Waals surface area contributed by atoms with Crippen molar-refractivity contribution in [1.82, 2.24) is 0 Å². The molecule has 1 heterocycles. The molecule has 86 valence electrons. The highest BCUT2D eigenvalue weighted by Crippen LogP contribution is 2.19. The number of halogens is 1. The summed E-state index contributed by atoms with van der Waals surface area (Å²) < 4.78 is 18.6. The molecular formula is C12H14FNO2. The SMILES string of the molecule is O=Cc1cc(F)cc(N2CCCOCC2)c1. The van der Waals surface area contributed by atoms with Gasteiger partial charge in [-0.05, 0) is 24.6 Å². The molecule has 0 spiro atoms. The van der Waals surface area contributed by atoms with Gasteiger partial charge in [-0.15, -0.1) is 0 Å². The molecule has 0 aromatic heterocycles. The van der Waals surface area contributed by atoms with E-state index in [4.69, 9.17) is 4.74 Å². The van der Waals surface area contributed by atoms with Crippen LogP contribution in [0.3, 0.4) is 0 Å². The maximum absolute atomic E-state index is 13.3. The Morgan fingerprint density at radius 3 is 2.94 bits per heavy atom. The van der Waals surface area contributed by atoms with E-state index in [1.165, 1.54) is 12.1 Å². The number of hydrogen-bond donors (Lipinski definition) is 0. The van der Waals surface area contributed by atoms with Gasteiger partial charge in [0.1, 0.15) is 12.1 Å². The number of aldehydes is 1. The first kappa shape index (κ1) is 11.1. The second-order valence-electron chi connectivity index (χ2n) is 3.81. The molecule has 1 fully saturated rings.